The molecule has 0 amide bonds. The summed E-state index contributed by atoms with van der Waals surface area (Å²) in [4.78, 5) is 0. The van der Waals surface area contributed by atoms with E-state index in [0.29, 0.717) is 5.56 Å². The molecule has 18 heavy (non-hydrogen) atoms. The molecule has 0 aliphatic carbocycles. The van der Waals surface area contributed by atoms with E-state index >= 15 is 0 Å². The molecule has 1 atom stereocenters. The molecule has 2 nitrogen and oxygen atoms in total. The quantitative estimate of drug-likeness (QED) is 0.651. The molecule has 0 aliphatic rings. The molecule has 2 aromatic rings. The Morgan fingerprint density at radius 1 is 1.06 bits per heavy atom. The van der Waals surface area contributed by atoms with Gasteiger partial charge in [-0.05, 0) is 16.3 Å². The van der Waals surface area contributed by atoms with Crippen molar-refractivity contribution < 1.29 is 13.2 Å². The molecule has 0 spiro atoms. The summed E-state index contributed by atoms with van der Waals surface area (Å²) in [7, 11) is 0. The van der Waals surface area contributed by atoms with Crippen LogP contribution in [0.25, 0.3) is 10.8 Å². The van der Waals surface area contributed by atoms with Gasteiger partial charge in [0.2, 0.25) is 0 Å². The van der Waals surface area contributed by atoms with E-state index in [4.69, 9.17) is 5.84 Å². The van der Waals surface area contributed by atoms with Gasteiger partial charge in [0.15, 0.2) is 0 Å². The number of hydrogen-bond acceptors (Lipinski definition) is 2. The van der Waals surface area contributed by atoms with Crippen LogP contribution in [0.2, 0.25) is 0 Å². The molecule has 0 radical (unpaired) electrons. The van der Waals surface area contributed by atoms with E-state index in [2.05, 4.69) is 5.43 Å². The van der Waals surface area contributed by atoms with Gasteiger partial charge in [0, 0.05) is 0 Å². The van der Waals surface area contributed by atoms with Gasteiger partial charge in [-0.2, -0.15) is 13.2 Å². The Balaban J connectivity index is 2.45. The van der Waals surface area contributed by atoms with Crippen molar-refractivity contribution in [2.45, 2.75) is 18.6 Å². The lowest BCUT2D eigenvalue weighted by atomic mass is 9.97. The van der Waals surface area contributed by atoms with Crippen molar-refractivity contribution in [1.29, 1.82) is 0 Å². The van der Waals surface area contributed by atoms with E-state index in [0.717, 1.165) is 10.8 Å². The third kappa shape index (κ3) is 2.80. The van der Waals surface area contributed by atoms with Gasteiger partial charge in [-0.1, -0.05) is 42.5 Å². The van der Waals surface area contributed by atoms with Crippen LogP contribution in [0, 0.1) is 0 Å². The number of nitrogens with one attached hydrogen (secondary N) is 1. The molecule has 0 fully saturated rings. The van der Waals surface area contributed by atoms with E-state index in [1.807, 2.05) is 18.2 Å². The van der Waals surface area contributed by atoms with Crippen LogP contribution in [0.1, 0.15) is 18.0 Å². The third-order valence-electron chi connectivity index (χ3n) is 2.84. The summed E-state index contributed by atoms with van der Waals surface area (Å²) in [5.41, 5.74) is 2.81. The first-order valence-electron chi connectivity index (χ1n) is 5.52. The van der Waals surface area contributed by atoms with Crippen LogP contribution in [-0.4, -0.2) is 6.18 Å². The number of rotatable bonds is 3. The molecular formula is C13H13F3N2. The normalized spacial score (nSPS) is 13.8. The van der Waals surface area contributed by atoms with Crippen molar-refractivity contribution in [3.05, 3.63) is 48.0 Å². The number of fused-ring (bicyclic) bond motifs is 1. The van der Waals surface area contributed by atoms with Gasteiger partial charge in [0.05, 0.1) is 12.5 Å². The van der Waals surface area contributed by atoms with Gasteiger partial charge < -0.3 is 0 Å². The maximum atomic E-state index is 12.5. The molecule has 0 aliphatic heterocycles. The monoisotopic (exact) mass is 254 g/mol. The summed E-state index contributed by atoms with van der Waals surface area (Å²) in [6.07, 6.45) is -5.24. The summed E-state index contributed by atoms with van der Waals surface area (Å²) in [6.45, 7) is 0. The highest BCUT2D eigenvalue weighted by atomic mass is 19.4. The lowest BCUT2D eigenvalue weighted by Gasteiger charge is -2.19. The highest BCUT2D eigenvalue weighted by Gasteiger charge is 2.32. The molecule has 2 rings (SSSR count). The summed E-state index contributed by atoms with van der Waals surface area (Å²) in [5, 5.41) is 1.68. The Labute approximate surface area is 103 Å². The summed E-state index contributed by atoms with van der Waals surface area (Å²) in [5.74, 6) is 5.25. The molecule has 0 heterocycles. The second-order valence-electron chi connectivity index (χ2n) is 4.11. The van der Waals surface area contributed by atoms with Gasteiger partial charge in [-0.15, -0.1) is 0 Å². The Morgan fingerprint density at radius 3 is 2.39 bits per heavy atom. The molecule has 0 saturated carbocycles. The van der Waals surface area contributed by atoms with E-state index in [1.54, 1.807) is 24.3 Å². The number of benzene rings is 2. The first-order valence-corrected chi connectivity index (χ1v) is 5.52. The minimum absolute atomic E-state index is 0.563. The molecule has 0 bridgehead atoms. The molecule has 96 valence electrons. The second-order valence-corrected chi connectivity index (χ2v) is 4.11. The summed E-state index contributed by atoms with van der Waals surface area (Å²) < 4.78 is 37.4. The van der Waals surface area contributed by atoms with Gasteiger partial charge in [-0.25, -0.2) is 0 Å². The predicted molar refractivity (Wildman–Crippen MR) is 64.7 cm³/mol. The fourth-order valence-electron chi connectivity index (χ4n) is 2.04. The van der Waals surface area contributed by atoms with Crippen LogP contribution < -0.4 is 11.3 Å². The Hall–Kier alpha value is -1.59. The summed E-state index contributed by atoms with van der Waals surface area (Å²) >= 11 is 0. The smallest absolute Gasteiger partial charge is 0.271 e. The number of nitrogens with two attached hydrogens (primary N) is 1. The third-order valence-corrected chi connectivity index (χ3v) is 2.84. The average molecular weight is 254 g/mol. The van der Waals surface area contributed by atoms with Crippen molar-refractivity contribution in [2.75, 3.05) is 0 Å². The largest absolute Gasteiger partial charge is 0.390 e. The van der Waals surface area contributed by atoms with Crippen LogP contribution >= 0.6 is 0 Å². The van der Waals surface area contributed by atoms with Crippen LogP contribution in [0.3, 0.4) is 0 Å². The molecule has 3 N–H and O–H groups in total. The van der Waals surface area contributed by atoms with E-state index < -0.39 is 18.6 Å². The standard InChI is InChI=1S/C13H13F3N2/c14-13(15,16)8-12(18-17)11-7-3-5-9-4-1-2-6-10(9)11/h1-7,12,18H,8,17H2. The molecule has 1 unspecified atom stereocenters. The highest BCUT2D eigenvalue weighted by Crippen LogP contribution is 2.32. The first kappa shape index (κ1) is 12.9. The number of halogens is 3. The SMILES string of the molecule is NNC(CC(F)(F)F)c1cccc2ccccc12. The Bertz CT molecular complexity index is 532. The van der Waals surface area contributed by atoms with Crippen molar-refractivity contribution in [3.63, 3.8) is 0 Å². The minimum Gasteiger partial charge on any atom is -0.271 e. The zero-order valence-electron chi connectivity index (χ0n) is 9.54. The Morgan fingerprint density at radius 2 is 1.72 bits per heavy atom. The fourth-order valence-corrected chi connectivity index (χ4v) is 2.04. The van der Waals surface area contributed by atoms with Gasteiger partial charge in [-0.3, -0.25) is 11.3 Å². The van der Waals surface area contributed by atoms with Crippen LogP contribution in [-0.2, 0) is 0 Å². The molecule has 0 aromatic heterocycles. The molecule has 0 saturated heterocycles. The van der Waals surface area contributed by atoms with Gasteiger partial charge in [0.25, 0.3) is 0 Å². The van der Waals surface area contributed by atoms with Crippen molar-refractivity contribution in [2.24, 2.45) is 5.84 Å². The van der Waals surface area contributed by atoms with Crippen molar-refractivity contribution >= 4 is 10.8 Å². The fraction of sp³-hybridized carbons (Fsp3) is 0.231. The van der Waals surface area contributed by atoms with Gasteiger partial charge in [0.1, 0.15) is 0 Å². The molecular weight excluding hydrogens is 241 g/mol. The zero-order valence-corrected chi connectivity index (χ0v) is 9.54. The van der Waals surface area contributed by atoms with Crippen LogP contribution in [0.4, 0.5) is 13.2 Å². The number of hydrogen-bond donors (Lipinski definition) is 2. The predicted octanol–water partition coefficient (Wildman–Crippen LogP) is 3.30. The zero-order chi connectivity index (χ0) is 13.2. The average Bonchev–Trinajstić information content (AvgIpc) is 2.34. The van der Waals surface area contributed by atoms with E-state index in [9.17, 15) is 13.2 Å². The van der Waals surface area contributed by atoms with Crippen LogP contribution in [0.5, 0.6) is 0 Å². The van der Waals surface area contributed by atoms with Crippen molar-refractivity contribution in [1.82, 2.24) is 5.43 Å². The lowest BCUT2D eigenvalue weighted by molar-refractivity contribution is -0.140. The maximum absolute atomic E-state index is 12.5. The highest BCUT2D eigenvalue weighted by molar-refractivity contribution is 5.86. The number of hydrazine groups is 1. The van der Waals surface area contributed by atoms with E-state index in [1.165, 1.54) is 0 Å². The van der Waals surface area contributed by atoms with Crippen molar-refractivity contribution in [3.8, 4) is 0 Å². The Kier molecular flexibility index (Phi) is 3.54. The maximum Gasteiger partial charge on any atom is 0.390 e. The first-order chi connectivity index (χ1) is 8.51. The molecule has 2 aromatic carbocycles. The minimum atomic E-state index is -4.26. The summed E-state index contributed by atoms with van der Waals surface area (Å²) in [6, 6.07) is 11.6. The van der Waals surface area contributed by atoms with E-state index in [-0.39, 0.29) is 0 Å². The van der Waals surface area contributed by atoms with Crippen LogP contribution in [0.15, 0.2) is 42.5 Å². The number of alkyl halides is 3. The lowest BCUT2D eigenvalue weighted by Crippen LogP contribution is -2.31. The second kappa shape index (κ2) is 4.96. The van der Waals surface area contributed by atoms with Gasteiger partial charge >= 0.3 is 6.18 Å². The molecule has 5 heteroatoms. The topological polar surface area (TPSA) is 38.0 Å².